The quantitative estimate of drug-likeness (QED) is 0.864. The highest BCUT2D eigenvalue weighted by Crippen LogP contribution is 2.22. The van der Waals surface area contributed by atoms with Crippen molar-refractivity contribution in [1.29, 1.82) is 0 Å². The zero-order valence-corrected chi connectivity index (χ0v) is 15.8. The van der Waals surface area contributed by atoms with E-state index < -0.39 is 10.0 Å². The number of amides is 1. The number of benzene rings is 2. The predicted molar refractivity (Wildman–Crippen MR) is 100 cm³/mol. The van der Waals surface area contributed by atoms with Crippen LogP contribution in [-0.4, -0.2) is 44.4 Å². The smallest absolute Gasteiger partial charge is 0.257 e. The SMILES string of the molecule is CC1CN(S(=O)(=O)c2ccc(NC(=O)c3ccccc3Cl)cc2)CCO1. The average molecular weight is 395 g/mol. The normalized spacial score (nSPS) is 18.5. The van der Waals surface area contributed by atoms with E-state index in [9.17, 15) is 13.2 Å². The maximum absolute atomic E-state index is 12.7. The molecule has 3 rings (SSSR count). The molecule has 0 spiro atoms. The van der Waals surface area contributed by atoms with Crippen molar-refractivity contribution in [2.75, 3.05) is 25.0 Å². The number of rotatable bonds is 4. The number of anilines is 1. The lowest BCUT2D eigenvalue weighted by atomic mass is 10.2. The molecule has 0 bridgehead atoms. The largest absolute Gasteiger partial charge is 0.376 e. The molecule has 0 saturated carbocycles. The van der Waals surface area contributed by atoms with Crippen LogP contribution in [0.5, 0.6) is 0 Å². The van der Waals surface area contributed by atoms with E-state index >= 15 is 0 Å². The summed E-state index contributed by atoms with van der Waals surface area (Å²) in [4.78, 5) is 12.4. The van der Waals surface area contributed by atoms with Gasteiger partial charge in [-0.1, -0.05) is 23.7 Å². The highest BCUT2D eigenvalue weighted by atomic mass is 35.5. The topological polar surface area (TPSA) is 75.7 Å². The third kappa shape index (κ3) is 4.07. The van der Waals surface area contributed by atoms with E-state index in [2.05, 4.69) is 5.32 Å². The Hall–Kier alpha value is -1.93. The second-order valence-corrected chi connectivity index (χ2v) is 8.35. The summed E-state index contributed by atoms with van der Waals surface area (Å²) in [5, 5.41) is 3.06. The Morgan fingerprint density at radius 1 is 1.19 bits per heavy atom. The number of sulfonamides is 1. The van der Waals surface area contributed by atoms with E-state index in [4.69, 9.17) is 16.3 Å². The number of halogens is 1. The Kier molecular flexibility index (Phi) is 5.62. The van der Waals surface area contributed by atoms with Crippen LogP contribution in [0.15, 0.2) is 53.4 Å². The molecule has 1 aliphatic rings. The second kappa shape index (κ2) is 7.75. The number of nitrogens with one attached hydrogen (secondary N) is 1. The molecule has 1 amide bonds. The Bertz CT molecular complexity index is 900. The van der Waals surface area contributed by atoms with Gasteiger partial charge < -0.3 is 10.1 Å². The third-order valence-corrected chi connectivity index (χ3v) is 6.28. The minimum Gasteiger partial charge on any atom is -0.376 e. The van der Waals surface area contributed by atoms with Gasteiger partial charge in [-0.3, -0.25) is 4.79 Å². The van der Waals surface area contributed by atoms with Crippen molar-refractivity contribution >= 4 is 33.2 Å². The molecule has 6 nitrogen and oxygen atoms in total. The van der Waals surface area contributed by atoms with Gasteiger partial charge in [-0.15, -0.1) is 0 Å². The van der Waals surface area contributed by atoms with E-state index in [0.29, 0.717) is 36.0 Å². The third-order valence-electron chi connectivity index (χ3n) is 4.07. The molecule has 138 valence electrons. The minimum absolute atomic E-state index is 0.132. The van der Waals surface area contributed by atoms with Crippen LogP contribution in [0.4, 0.5) is 5.69 Å². The lowest BCUT2D eigenvalue weighted by Gasteiger charge is -2.30. The van der Waals surface area contributed by atoms with Gasteiger partial charge in [-0.25, -0.2) is 8.42 Å². The molecule has 2 aromatic rings. The lowest BCUT2D eigenvalue weighted by molar-refractivity contribution is 0.0102. The van der Waals surface area contributed by atoms with Crippen LogP contribution in [0.25, 0.3) is 0 Å². The van der Waals surface area contributed by atoms with Gasteiger partial charge in [0.1, 0.15) is 0 Å². The van der Waals surface area contributed by atoms with E-state index in [1.54, 1.807) is 36.4 Å². The molecular weight excluding hydrogens is 376 g/mol. The fraction of sp³-hybridized carbons (Fsp3) is 0.278. The van der Waals surface area contributed by atoms with Crippen LogP contribution >= 0.6 is 11.6 Å². The van der Waals surface area contributed by atoms with Crippen LogP contribution in [0.3, 0.4) is 0 Å². The van der Waals surface area contributed by atoms with E-state index in [1.165, 1.54) is 16.4 Å². The Morgan fingerprint density at radius 3 is 2.54 bits per heavy atom. The molecule has 8 heteroatoms. The van der Waals surface area contributed by atoms with Crippen molar-refractivity contribution in [1.82, 2.24) is 4.31 Å². The molecule has 1 atom stereocenters. The molecule has 0 aromatic heterocycles. The number of carbonyl (C=O) groups excluding carboxylic acids is 1. The van der Waals surface area contributed by atoms with Gasteiger partial charge in [0.2, 0.25) is 10.0 Å². The predicted octanol–water partition coefficient (Wildman–Crippen LogP) is 3.00. The molecule has 1 N–H and O–H groups in total. The van der Waals surface area contributed by atoms with Crippen LogP contribution in [0, 0.1) is 0 Å². The van der Waals surface area contributed by atoms with E-state index in [-0.39, 0.29) is 16.9 Å². The first-order valence-corrected chi connectivity index (χ1v) is 9.97. The van der Waals surface area contributed by atoms with Crippen LogP contribution in [0.1, 0.15) is 17.3 Å². The summed E-state index contributed by atoms with van der Waals surface area (Å²) in [6.45, 7) is 2.88. The Balaban J connectivity index is 1.74. The zero-order valence-electron chi connectivity index (χ0n) is 14.2. The monoisotopic (exact) mass is 394 g/mol. The summed E-state index contributed by atoms with van der Waals surface area (Å²) in [5.74, 6) is -0.354. The van der Waals surface area contributed by atoms with Gasteiger partial charge in [0.25, 0.3) is 5.91 Å². The van der Waals surface area contributed by atoms with E-state index in [0.717, 1.165) is 0 Å². The molecule has 1 aliphatic heterocycles. The van der Waals surface area contributed by atoms with Crippen LogP contribution in [-0.2, 0) is 14.8 Å². The van der Waals surface area contributed by atoms with Crippen LogP contribution < -0.4 is 5.32 Å². The molecule has 1 unspecified atom stereocenters. The molecule has 1 fully saturated rings. The first kappa shape index (κ1) is 18.8. The molecule has 1 saturated heterocycles. The summed E-state index contributed by atoms with van der Waals surface area (Å²) < 4.78 is 32.2. The Labute approximate surface area is 157 Å². The van der Waals surface area contributed by atoms with Gasteiger partial charge in [-0.2, -0.15) is 4.31 Å². The number of carbonyl (C=O) groups is 1. The lowest BCUT2D eigenvalue weighted by Crippen LogP contribution is -2.44. The molecule has 1 heterocycles. The standard InChI is InChI=1S/C18H19ClN2O4S/c1-13-12-21(10-11-25-13)26(23,24)15-8-6-14(7-9-15)20-18(22)16-4-2-3-5-17(16)19/h2-9,13H,10-12H2,1H3,(H,20,22). The van der Waals surface area contributed by atoms with Crippen molar-refractivity contribution in [3.63, 3.8) is 0 Å². The van der Waals surface area contributed by atoms with Crippen molar-refractivity contribution in [3.05, 3.63) is 59.1 Å². The second-order valence-electron chi connectivity index (χ2n) is 6.00. The highest BCUT2D eigenvalue weighted by molar-refractivity contribution is 7.89. The molecule has 0 radical (unpaired) electrons. The number of nitrogens with zero attached hydrogens (tertiary/aromatic N) is 1. The molecule has 2 aromatic carbocycles. The summed E-state index contributed by atoms with van der Waals surface area (Å²) in [5.41, 5.74) is 0.845. The van der Waals surface area contributed by atoms with Crippen molar-refractivity contribution in [3.8, 4) is 0 Å². The minimum atomic E-state index is -3.58. The average Bonchev–Trinajstić information content (AvgIpc) is 2.62. The highest BCUT2D eigenvalue weighted by Gasteiger charge is 2.29. The van der Waals surface area contributed by atoms with Crippen molar-refractivity contribution < 1.29 is 17.9 Å². The maximum atomic E-state index is 12.7. The summed E-state index contributed by atoms with van der Waals surface area (Å²) in [6, 6.07) is 12.8. The number of morpholine rings is 1. The first-order valence-electron chi connectivity index (χ1n) is 8.15. The van der Waals surface area contributed by atoms with Gasteiger partial charge in [-0.05, 0) is 43.3 Å². The number of hydrogen-bond donors (Lipinski definition) is 1. The number of ether oxygens (including phenoxy) is 1. The molecular formula is C18H19ClN2O4S. The summed E-state index contributed by atoms with van der Waals surface area (Å²) in [6.07, 6.45) is -0.132. The van der Waals surface area contributed by atoms with Gasteiger partial charge >= 0.3 is 0 Å². The van der Waals surface area contributed by atoms with Gasteiger partial charge in [0.05, 0.1) is 28.2 Å². The zero-order chi connectivity index (χ0) is 18.7. The summed E-state index contributed by atoms with van der Waals surface area (Å²) in [7, 11) is -3.58. The first-order chi connectivity index (χ1) is 12.4. The maximum Gasteiger partial charge on any atom is 0.257 e. The van der Waals surface area contributed by atoms with Gasteiger partial charge in [0, 0.05) is 18.8 Å². The van der Waals surface area contributed by atoms with Crippen molar-refractivity contribution in [2.45, 2.75) is 17.9 Å². The Morgan fingerprint density at radius 2 is 1.88 bits per heavy atom. The van der Waals surface area contributed by atoms with Crippen LogP contribution in [0.2, 0.25) is 5.02 Å². The molecule has 0 aliphatic carbocycles. The fourth-order valence-electron chi connectivity index (χ4n) is 2.71. The molecule has 26 heavy (non-hydrogen) atoms. The number of hydrogen-bond acceptors (Lipinski definition) is 4. The van der Waals surface area contributed by atoms with Gasteiger partial charge in [0.15, 0.2) is 0 Å². The van der Waals surface area contributed by atoms with Crippen molar-refractivity contribution in [2.24, 2.45) is 0 Å². The van der Waals surface area contributed by atoms with E-state index in [1.807, 2.05) is 6.92 Å². The summed E-state index contributed by atoms with van der Waals surface area (Å²) >= 11 is 6.01. The fourth-order valence-corrected chi connectivity index (χ4v) is 4.43.